The molecule has 130 valence electrons. The van der Waals surface area contributed by atoms with Crippen LogP contribution in [0.15, 0.2) is 42.5 Å². The van der Waals surface area contributed by atoms with Crippen molar-refractivity contribution in [1.29, 1.82) is 0 Å². The first-order valence-electron chi connectivity index (χ1n) is 8.08. The third-order valence-corrected chi connectivity index (χ3v) is 4.23. The predicted molar refractivity (Wildman–Crippen MR) is 95.3 cm³/mol. The van der Waals surface area contributed by atoms with Gasteiger partial charge in [0.25, 0.3) is 0 Å². The van der Waals surface area contributed by atoms with Crippen molar-refractivity contribution in [2.24, 2.45) is 0 Å². The molecule has 0 unspecified atom stereocenters. The number of hydrogen-bond acceptors (Lipinski definition) is 4. The van der Waals surface area contributed by atoms with Crippen LogP contribution < -0.4 is 10.6 Å². The molecule has 2 aromatic carbocycles. The zero-order valence-corrected chi connectivity index (χ0v) is 14.3. The first kappa shape index (κ1) is 17.0. The third kappa shape index (κ3) is 3.97. The van der Waals surface area contributed by atoms with E-state index in [4.69, 9.17) is 0 Å². The Labute approximate surface area is 146 Å². The van der Waals surface area contributed by atoms with Crippen molar-refractivity contribution in [2.75, 3.05) is 19.5 Å². The average molecular weight is 339 g/mol. The summed E-state index contributed by atoms with van der Waals surface area (Å²) in [6, 6.07) is 12.8. The lowest BCUT2D eigenvalue weighted by Crippen LogP contribution is -2.30. The van der Waals surface area contributed by atoms with Gasteiger partial charge in [0.2, 0.25) is 0 Å². The molecule has 1 aliphatic rings. The summed E-state index contributed by atoms with van der Waals surface area (Å²) in [6.45, 7) is 2.16. The fraction of sp³-hybridized carbons (Fsp3) is 0.263. The molecule has 0 saturated carbocycles. The van der Waals surface area contributed by atoms with E-state index in [1.165, 1.54) is 18.2 Å². The van der Waals surface area contributed by atoms with Crippen molar-refractivity contribution in [3.8, 4) is 0 Å². The molecule has 6 nitrogen and oxygen atoms in total. The Balaban J connectivity index is 1.60. The number of ether oxygens (including phenoxy) is 1. The maximum atomic E-state index is 12.4. The van der Waals surface area contributed by atoms with Crippen LogP contribution in [0.3, 0.4) is 0 Å². The highest BCUT2D eigenvalue weighted by Crippen LogP contribution is 2.20. The maximum Gasteiger partial charge on any atom is 0.337 e. The number of urea groups is 1. The van der Waals surface area contributed by atoms with Crippen LogP contribution in [0, 0.1) is 0 Å². The Bertz CT molecular complexity index is 787. The number of benzene rings is 2. The minimum atomic E-state index is -0.372. The van der Waals surface area contributed by atoms with Gasteiger partial charge < -0.3 is 20.3 Å². The van der Waals surface area contributed by atoms with Crippen LogP contribution in [-0.4, -0.2) is 31.1 Å². The number of nitrogens with one attached hydrogen (secondary N) is 2. The van der Waals surface area contributed by atoms with Crippen molar-refractivity contribution in [3.05, 3.63) is 64.7 Å². The van der Waals surface area contributed by atoms with Crippen LogP contribution in [0.2, 0.25) is 0 Å². The van der Waals surface area contributed by atoms with Gasteiger partial charge in [0, 0.05) is 32.4 Å². The quantitative estimate of drug-likeness (QED) is 0.840. The average Bonchev–Trinajstić information content (AvgIpc) is 3.09. The number of carbonyl (C=O) groups is 2. The topological polar surface area (TPSA) is 70.7 Å². The molecule has 6 heteroatoms. The van der Waals surface area contributed by atoms with Gasteiger partial charge in [-0.2, -0.15) is 0 Å². The summed E-state index contributed by atoms with van der Waals surface area (Å²) in [4.78, 5) is 25.4. The standard InChI is InChI=1S/C19H21N3O3/c1-22(12-13-3-5-14(6-4-13)18(23)25-2)19(24)21-17-8-7-15-10-20-11-16(15)9-17/h3-9,20H,10-12H2,1-2H3,(H,21,24). The first-order chi connectivity index (χ1) is 12.1. The van der Waals surface area contributed by atoms with Gasteiger partial charge in [0.15, 0.2) is 0 Å². The van der Waals surface area contributed by atoms with E-state index < -0.39 is 0 Å². The summed E-state index contributed by atoms with van der Waals surface area (Å²) < 4.78 is 4.68. The van der Waals surface area contributed by atoms with Gasteiger partial charge in [0.05, 0.1) is 12.7 Å². The highest BCUT2D eigenvalue weighted by molar-refractivity contribution is 5.90. The van der Waals surface area contributed by atoms with Crippen molar-refractivity contribution in [2.45, 2.75) is 19.6 Å². The lowest BCUT2D eigenvalue weighted by molar-refractivity contribution is 0.0600. The van der Waals surface area contributed by atoms with Gasteiger partial charge in [-0.1, -0.05) is 18.2 Å². The molecule has 25 heavy (non-hydrogen) atoms. The first-order valence-corrected chi connectivity index (χ1v) is 8.08. The zero-order chi connectivity index (χ0) is 17.8. The zero-order valence-electron chi connectivity index (χ0n) is 14.3. The monoisotopic (exact) mass is 339 g/mol. The Kier molecular flexibility index (Phi) is 5.00. The summed E-state index contributed by atoms with van der Waals surface area (Å²) in [5.41, 5.74) is 4.71. The van der Waals surface area contributed by atoms with E-state index in [-0.39, 0.29) is 12.0 Å². The largest absolute Gasteiger partial charge is 0.465 e. The van der Waals surface area contributed by atoms with E-state index in [0.717, 1.165) is 24.3 Å². The van der Waals surface area contributed by atoms with E-state index in [9.17, 15) is 9.59 Å². The number of nitrogens with zero attached hydrogens (tertiary/aromatic N) is 1. The molecule has 0 fully saturated rings. The Morgan fingerprint density at radius 2 is 1.84 bits per heavy atom. The van der Waals surface area contributed by atoms with Crippen molar-refractivity contribution >= 4 is 17.7 Å². The van der Waals surface area contributed by atoms with Gasteiger partial charge in [-0.15, -0.1) is 0 Å². The predicted octanol–water partition coefficient (Wildman–Crippen LogP) is 2.74. The molecule has 1 heterocycles. The Morgan fingerprint density at radius 3 is 2.56 bits per heavy atom. The molecule has 0 radical (unpaired) electrons. The van der Waals surface area contributed by atoms with Crippen LogP contribution in [0.4, 0.5) is 10.5 Å². The molecule has 0 aromatic heterocycles. The van der Waals surface area contributed by atoms with E-state index in [1.807, 2.05) is 30.3 Å². The van der Waals surface area contributed by atoms with E-state index in [0.29, 0.717) is 12.1 Å². The van der Waals surface area contributed by atoms with Crippen LogP contribution in [-0.2, 0) is 24.4 Å². The molecule has 0 bridgehead atoms. The van der Waals surface area contributed by atoms with Crippen molar-refractivity contribution in [1.82, 2.24) is 10.2 Å². The number of carbonyl (C=O) groups excluding carboxylic acids is 2. The van der Waals surface area contributed by atoms with Gasteiger partial charge in [0.1, 0.15) is 0 Å². The van der Waals surface area contributed by atoms with E-state index in [2.05, 4.69) is 15.4 Å². The van der Waals surface area contributed by atoms with Gasteiger partial charge in [-0.3, -0.25) is 0 Å². The van der Waals surface area contributed by atoms with Crippen LogP contribution in [0.1, 0.15) is 27.0 Å². The Hall–Kier alpha value is -2.86. The minimum absolute atomic E-state index is 0.178. The van der Waals surface area contributed by atoms with Gasteiger partial charge in [-0.25, -0.2) is 9.59 Å². The molecular formula is C19H21N3O3. The summed E-state index contributed by atoms with van der Waals surface area (Å²) in [5.74, 6) is -0.372. The molecule has 0 spiro atoms. The number of fused-ring (bicyclic) bond motifs is 1. The second kappa shape index (κ2) is 7.36. The normalized spacial score (nSPS) is 12.4. The van der Waals surface area contributed by atoms with E-state index >= 15 is 0 Å². The molecule has 2 N–H and O–H groups in total. The van der Waals surface area contributed by atoms with Crippen LogP contribution in [0.25, 0.3) is 0 Å². The van der Waals surface area contributed by atoms with Crippen molar-refractivity contribution in [3.63, 3.8) is 0 Å². The van der Waals surface area contributed by atoms with Gasteiger partial charge in [-0.05, 0) is 41.0 Å². The lowest BCUT2D eigenvalue weighted by atomic mass is 10.1. The van der Waals surface area contributed by atoms with Crippen molar-refractivity contribution < 1.29 is 14.3 Å². The minimum Gasteiger partial charge on any atom is -0.465 e. The second-order valence-corrected chi connectivity index (χ2v) is 6.06. The fourth-order valence-corrected chi connectivity index (χ4v) is 2.80. The number of amides is 2. The van der Waals surface area contributed by atoms with E-state index in [1.54, 1.807) is 24.1 Å². The number of hydrogen-bond donors (Lipinski definition) is 2. The SMILES string of the molecule is COC(=O)c1ccc(CN(C)C(=O)Nc2ccc3c(c2)CNC3)cc1. The molecule has 0 atom stereocenters. The summed E-state index contributed by atoms with van der Waals surface area (Å²) >= 11 is 0. The summed E-state index contributed by atoms with van der Waals surface area (Å²) in [7, 11) is 3.09. The number of esters is 1. The molecule has 2 aromatic rings. The summed E-state index contributed by atoms with van der Waals surface area (Å²) in [5, 5.41) is 6.20. The smallest absolute Gasteiger partial charge is 0.337 e. The molecular weight excluding hydrogens is 318 g/mol. The number of rotatable bonds is 4. The van der Waals surface area contributed by atoms with Gasteiger partial charge >= 0.3 is 12.0 Å². The molecule has 2 amide bonds. The van der Waals surface area contributed by atoms with Crippen LogP contribution >= 0.6 is 0 Å². The highest BCUT2D eigenvalue weighted by atomic mass is 16.5. The lowest BCUT2D eigenvalue weighted by Gasteiger charge is -2.18. The summed E-state index contributed by atoms with van der Waals surface area (Å²) in [6.07, 6.45) is 0. The molecule has 3 rings (SSSR count). The number of anilines is 1. The highest BCUT2D eigenvalue weighted by Gasteiger charge is 2.13. The van der Waals surface area contributed by atoms with Crippen LogP contribution in [0.5, 0.6) is 0 Å². The molecule has 0 aliphatic carbocycles. The molecule has 0 saturated heterocycles. The number of methoxy groups -OCH3 is 1. The third-order valence-electron chi connectivity index (χ3n) is 4.23. The molecule has 1 aliphatic heterocycles. The maximum absolute atomic E-state index is 12.4. The fourth-order valence-electron chi connectivity index (χ4n) is 2.80. The second-order valence-electron chi connectivity index (χ2n) is 6.06. The Morgan fingerprint density at radius 1 is 1.12 bits per heavy atom.